The average molecular weight is 307 g/mol. The van der Waals surface area contributed by atoms with Crippen LogP contribution in [0.1, 0.15) is 30.8 Å². The molecular weight excluding hydrogens is 286 g/mol. The maximum Gasteiger partial charge on any atom is 0.245 e. The zero-order valence-corrected chi connectivity index (χ0v) is 13.8. The second kappa shape index (κ2) is 5.27. The Balaban J connectivity index is 2.42. The van der Waals surface area contributed by atoms with E-state index in [4.69, 9.17) is 0 Å². The van der Waals surface area contributed by atoms with Crippen LogP contribution < -0.4 is 4.72 Å². The number of sulfonamides is 1. The first-order valence-corrected chi connectivity index (χ1v) is 8.23. The summed E-state index contributed by atoms with van der Waals surface area (Å²) in [4.78, 5) is 0.258. The number of hydrogen-bond acceptors (Lipinski definition) is 3. The molecule has 0 radical (unpaired) electrons. The number of hydrogen-bond donors (Lipinski definition) is 1. The van der Waals surface area contributed by atoms with E-state index in [1.165, 1.54) is 0 Å². The average Bonchev–Trinajstić information content (AvgIpc) is 2.63. The summed E-state index contributed by atoms with van der Waals surface area (Å²) in [6.07, 6.45) is 0. The van der Waals surface area contributed by atoms with Crippen LogP contribution in [0.15, 0.2) is 35.2 Å². The van der Waals surface area contributed by atoms with Crippen LogP contribution >= 0.6 is 0 Å². The third-order valence-corrected chi connectivity index (χ3v) is 5.50. The minimum atomic E-state index is -3.64. The smallest absolute Gasteiger partial charge is 0.245 e. The highest BCUT2D eigenvalue weighted by molar-refractivity contribution is 7.89. The summed E-state index contributed by atoms with van der Waals surface area (Å²) in [6, 6.07) is 9.51. The van der Waals surface area contributed by atoms with E-state index in [9.17, 15) is 8.42 Å². The summed E-state index contributed by atoms with van der Waals surface area (Å²) in [5, 5.41) is 4.18. The first-order valence-electron chi connectivity index (χ1n) is 6.75. The molecule has 0 aliphatic carbocycles. The van der Waals surface area contributed by atoms with Crippen LogP contribution in [-0.2, 0) is 22.6 Å². The Morgan fingerprint density at radius 1 is 1.14 bits per heavy atom. The van der Waals surface area contributed by atoms with Crippen molar-refractivity contribution in [1.29, 1.82) is 0 Å². The number of benzene rings is 1. The fraction of sp³-hybridized carbons (Fsp3) is 0.400. The van der Waals surface area contributed by atoms with Gasteiger partial charge in [-0.2, -0.15) is 5.10 Å². The van der Waals surface area contributed by atoms with Crippen LogP contribution in [0.2, 0.25) is 0 Å². The molecule has 0 aliphatic rings. The summed E-state index contributed by atoms with van der Waals surface area (Å²) in [6.45, 7) is 7.16. The van der Waals surface area contributed by atoms with E-state index in [0.29, 0.717) is 11.4 Å². The van der Waals surface area contributed by atoms with Crippen molar-refractivity contribution in [1.82, 2.24) is 14.5 Å². The topological polar surface area (TPSA) is 64.0 Å². The number of aromatic nitrogens is 2. The molecule has 0 atom stereocenters. The van der Waals surface area contributed by atoms with Crippen LogP contribution in [0.5, 0.6) is 0 Å². The molecule has 0 unspecified atom stereocenters. The number of rotatable bonds is 4. The van der Waals surface area contributed by atoms with Crippen LogP contribution in [-0.4, -0.2) is 18.2 Å². The van der Waals surface area contributed by atoms with E-state index in [0.717, 1.165) is 5.56 Å². The monoisotopic (exact) mass is 307 g/mol. The lowest BCUT2D eigenvalue weighted by atomic mass is 9.96. The molecule has 6 heteroatoms. The second-order valence-corrected chi connectivity index (χ2v) is 7.34. The first-order chi connectivity index (χ1) is 9.65. The fourth-order valence-electron chi connectivity index (χ4n) is 2.44. The Kier molecular flexibility index (Phi) is 3.95. The van der Waals surface area contributed by atoms with E-state index in [1.54, 1.807) is 25.6 Å². The first kappa shape index (κ1) is 15.7. The van der Waals surface area contributed by atoms with Gasteiger partial charge in [-0.3, -0.25) is 4.68 Å². The van der Waals surface area contributed by atoms with E-state index in [2.05, 4.69) is 9.82 Å². The Morgan fingerprint density at radius 3 is 2.19 bits per heavy atom. The molecule has 21 heavy (non-hydrogen) atoms. The Hall–Kier alpha value is -1.66. The Bertz CT molecular complexity index is 747. The van der Waals surface area contributed by atoms with Crippen molar-refractivity contribution in [2.24, 2.45) is 7.05 Å². The number of nitrogens with one attached hydrogen (secondary N) is 1. The summed E-state index contributed by atoms with van der Waals surface area (Å²) in [7, 11) is -1.90. The third-order valence-electron chi connectivity index (χ3n) is 3.60. The number of nitrogens with zero attached hydrogens (tertiary/aromatic N) is 2. The highest BCUT2D eigenvalue weighted by Crippen LogP contribution is 2.25. The van der Waals surface area contributed by atoms with Crippen molar-refractivity contribution < 1.29 is 8.42 Å². The van der Waals surface area contributed by atoms with Gasteiger partial charge in [0.25, 0.3) is 0 Å². The maximum atomic E-state index is 12.7. The van der Waals surface area contributed by atoms with E-state index < -0.39 is 15.6 Å². The molecule has 2 aromatic rings. The standard InChI is InChI=1S/C15H21N3O2S/c1-11-14(12(2)18(5)16-11)21(19,20)17-15(3,4)13-9-7-6-8-10-13/h6-10,17H,1-5H3. The molecule has 0 aliphatic heterocycles. The zero-order chi connectivity index (χ0) is 15.8. The van der Waals surface area contributed by atoms with E-state index in [1.807, 2.05) is 44.2 Å². The van der Waals surface area contributed by atoms with Crippen molar-refractivity contribution in [3.8, 4) is 0 Å². The van der Waals surface area contributed by atoms with E-state index in [-0.39, 0.29) is 4.90 Å². The molecule has 1 aromatic carbocycles. The number of aryl methyl sites for hydroxylation is 2. The van der Waals surface area contributed by atoms with Gasteiger partial charge in [0, 0.05) is 7.05 Å². The van der Waals surface area contributed by atoms with Gasteiger partial charge in [0.15, 0.2) is 0 Å². The lowest BCUT2D eigenvalue weighted by Crippen LogP contribution is -2.41. The van der Waals surface area contributed by atoms with Gasteiger partial charge in [-0.15, -0.1) is 0 Å². The largest absolute Gasteiger partial charge is 0.271 e. The van der Waals surface area contributed by atoms with Crippen molar-refractivity contribution in [3.63, 3.8) is 0 Å². The zero-order valence-electron chi connectivity index (χ0n) is 13.0. The van der Waals surface area contributed by atoms with Gasteiger partial charge in [-0.05, 0) is 33.3 Å². The molecule has 2 rings (SSSR count). The van der Waals surface area contributed by atoms with Gasteiger partial charge >= 0.3 is 0 Å². The minimum Gasteiger partial charge on any atom is -0.271 e. The second-order valence-electron chi connectivity index (χ2n) is 5.72. The molecule has 114 valence electrons. The molecule has 1 aromatic heterocycles. The van der Waals surface area contributed by atoms with Crippen LogP contribution in [0, 0.1) is 13.8 Å². The molecule has 5 nitrogen and oxygen atoms in total. The Morgan fingerprint density at radius 2 is 1.71 bits per heavy atom. The lowest BCUT2D eigenvalue weighted by molar-refractivity contribution is 0.471. The van der Waals surface area contributed by atoms with Gasteiger partial charge in [0.05, 0.1) is 16.9 Å². The highest BCUT2D eigenvalue weighted by atomic mass is 32.2. The quantitative estimate of drug-likeness (QED) is 0.942. The molecule has 0 spiro atoms. The SMILES string of the molecule is Cc1nn(C)c(C)c1S(=O)(=O)NC(C)(C)c1ccccc1. The minimum absolute atomic E-state index is 0.258. The normalized spacial score (nSPS) is 12.6. The molecule has 0 saturated carbocycles. The van der Waals surface area contributed by atoms with Crippen molar-refractivity contribution >= 4 is 10.0 Å². The molecule has 1 N–H and O–H groups in total. The van der Waals surface area contributed by atoms with E-state index >= 15 is 0 Å². The molecular formula is C15H21N3O2S. The Labute approximate surface area is 126 Å². The maximum absolute atomic E-state index is 12.7. The van der Waals surface area contributed by atoms with Gasteiger partial charge in [0.2, 0.25) is 10.0 Å². The van der Waals surface area contributed by atoms with Crippen molar-refractivity contribution in [3.05, 3.63) is 47.3 Å². The highest BCUT2D eigenvalue weighted by Gasteiger charge is 2.31. The molecule has 1 heterocycles. The summed E-state index contributed by atoms with van der Waals surface area (Å²) in [5.74, 6) is 0. The predicted octanol–water partition coefficient (Wildman–Crippen LogP) is 2.25. The van der Waals surface area contributed by atoms with Crippen molar-refractivity contribution in [2.45, 2.75) is 38.1 Å². The van der Waals surface area contributed by atoms with Crippen LogP contribution in [0.25, 0.3) is 0 Å². The van der Waals surface area contributed by atoms with Gasteiger partial charge in [-0.1, -0.05) is 30.3 Å². The molecule has 0 bridgehead atoms. The van der Waals surface area contributed by atoms with Crippen LogP contribution in [0.4, 0.5) is 0 Å². The van der Waals surface area contributed by atoms with Gasteiger partial charge in [0.1, 0.15) is 4.90 Å². The molecule has 0 saturated heterocycles. The lowest BCUT2D eigenvalue weighted by Gasteiger charge is -2.26. The van der Waals surface area contributed by atoms with Gasteiger partial charge < -0.3 is 0 Å². The molecule has 0 amide bonds. The van der Waals surface area contributed by atoms with Crippen molar-refractivity contribution in [2.75, 3.05) is 0 Å². The van der Waals surface area contributed by atoms with Crippen LogP contribution in [0.3, 0.4) is 0 Å². The summed E-state index contributed by atoms with van der Waals surface area (Å²) in [5.41, 5.74) is 1.34. The predicted molar refractivity (Wildman–Crippen MR) is 82.5 cm³/mol. The fourth-order valence-corrected chi connectivity index (χ4v) is 4.29. The molecule has 0 fully saturated rings. The third kappa shape index (κ3) is 3.01. The summed E-state index contributed by atoms with van der Waals surface area (Å²) < 4.78 is 29.8. The summed E-state index contributed by atoms with van der Waals surface area (Å²) >= 11 is 0. The van der Waals surface area contributed by atoms with Gasteiger partial charge in [-0.25, -0.2) is 13.1 Å².